The second-order valence-corrected chi connectivity index (χ2v) is 7.11. The molecule has 1 heterocycles. The van der Waals surface area contributed by atoms with E-state index in [-0.39, 0.29) is 18.1 Å². The molecule has 1 fully saturated rings. The summed E-state index contributed by atoms with van der Waals surface area (Å²) in [5, 5.41) is 3.20. The molecule has 0 spiro atoms. The molecule has 138 valence electrons. The van der Waals surface area contributed by atoms with Gasteiger partial charge in [-0.2, -0.15) is 0 Å². The van der Waals surface area contributed by atoms with Gasteiger partial charge >= 0.3 is 0 Å². The van der Waals surface area contributed by atoms with E-state index in [1.807, 2.05) is 36.4 Å². The first kappa shape index (κ1) is 18.6. The Bertz CT molecular complexity index is 648. The molecule has 1 atom stereocenters. The molecular weight excluding hydrogens is 324 g/mol. The van der Waals surface area contributed by atoms with Gasteiger partial charge in [-0.3, -0.25) is 9.69 Å². The molecule has 4 nitrogen and oxygen atoms in total. The zero-order valence-electron chi connectivity index (χ0n) is 15.6. The first-order valence-electron chi connectivity index (χ1n) is 9.38. The van der Waals surface area contributed by atoms with Crippen molar-refractivity contribution in [3.63, 3.8) is 0 Å². The lowest BCUT2D eigenvalue weighted by atomic mass is 9.98. The minimum absolute atomic E-state index is 0.0262. The molecule has 1 amide bonds. The minimum atomic E-state index is -0.144. The molecule has 2 aromatic carbocycles. The van der Waals surface area contributed by atoms with Crippen molar-refractivity contribution in [3.05, 3.63) is 71.8 Å². The molecule has 0 aliphatic carbocycles. The maximum Gasteiger partial charge on any atom is 0.223 e. The van der Waals surface area contributed by atoms with Crippen molar-refractivity contribution >= 4 is 5.91 Å². The molecule has 0 unspecified atom stereocenters. The van der Waals surface area contributed by atoms with Gasteiger partial charge in [-0.15, -0.1) is 0 Å². The van der Waals surface area contributed by atoms with Crippen LogP contribution in [0, 0.1) is 0 Å². The van der Waals surface area contributed by atoms with Crippen molar-refractivity contribution in [2.24, 2.45) is 0 Å². The maximum atomic E-state index is 12.7. The molecule has 0 aromatic heterocycles. The normalized spacial score (nSPS) is 18.2. The van der Waals surface area contributed by atoms with Crippen LogP contribution >= 0.6 is 0 Å². The summed E-state index contributed by atoms with van der Waals surface area (Å²) in [6.45, 7) is 6.81. The molecule has 1 N–H and O–H groups in total. The van der Waals surface area contributed by atoms with Crippen LogP contribution in [0.5, 0.6) is 0 Å². The van der Waals surface area contributed by atoms with Gasteiger partial charge in [-0.05, 0) is 25.0 Å². The smallest absolute Gasteiger partial charge is 0.223 e. The van der Waals surface area contributed by atoms with Crippen molar-refractivity contribution in [2.75, 3.05) is 19.7 Å². The van der Waals surface area contributed by atoms with Crippen LogP contribution in [0.1, 0.15) is 37.4 Å². The Morgan fingerprint density at radius 2 is 1.65 bits per heavy atom. The van der Waals surface area contributed by atoms with E-state index in [1.165, 1.54) is 0 Å². The number of hydrogen-bond donors (Lipinski definition) is 1. The van der Waals surface area contributed by atoms with Gasteiger partial charge in [-0.25, -0.2) is 0 Å². The number of benzene rings is 2. The average Bonchev–Trinajstić information content (AvgIpc) is 2.67. The number of nitrogens with zero attached hydrogens (tertiary/aromatic N) is 1. The number of ether oxygens (including phenoxy) is 1. The van der Waals surface area contributed by atoms with E-state index in [4.69, 9.17) is 4.74 Å². The van der Waals surface area contributed by atoms with Crippen LogP contribution in [0.15, 0.2) is 60.7 Å². The van der Waals surface area contributed by atoms with Gasteiger partial charge < -0.3 is 10.1 Å². The fraction of sp³-hybridized carbons (Fsp3) is 0.409. The van der Waals surface area contributed by atoms with Crippen molar-refractivity contribution in [3.8, 4) is 0 Å². The zero-order valence-corrected chi connectivity index (χ0v) is 15.6. The Morgan fingerprint density at radius 1 is 1.08 bits per heavy atom. The van der Waals surface area contributed by atoms with Crippen LogP contribution in [0.3, 0.4) is 0 Å². The van der Waals surface area contributed by atoms with Crippen LogP contribution in [-0.2, 0) is 9.53 Å². The molecule has 3 rings (SSSR count). The Labute approximate surface area is 156 Å². The van der Waals surface area contributed by atoms with Crippen molar-refractivity contribution in [1.29, 1.82) is 0 Å². The maximum absolute atomic E-state index is 12.7. The number of carbonyl (C=O) groups excluding carboxylic acids is 1. The van der Waals surface area contributed by atoms with Gasteiger partial charge in [0.2, 0.25) is 5.91 Å². The molecule has 2 aromatic rings. The summed E-state index contributed by atoms with van der Waals surface area (Å²) >= 11 is 0. The van der Waals surface area contributed by atoms with E-state index < -0.39 is 0 Å². The molecule has 0 bridgehead atoms. The van der Waals surface area contributed by atoms with Gasteiger partial charge in [0.25, 0.3) is 0 Å². The number of nitrogens with one attached hydrogen (secondary N) is 1. The zero-order chi connectivity index (χ0) is 18.4. The highest BCUT2D eigenvalue weighted by molar-refractivity contribution is 5.77. The standard InChI is InChI=1S/C22H28N2O2/c1-17(2)24-13-14-26-20(16-24)15-21(25)23-22(18-9-5-3-6-10-18)19-11-7-4-8-12-19/h3-12,17,20,22H,13-16H2,1-2H3,(H,23,25)/t20-/m0/s1. The Balaban J connectivity index is 1.68. The van der Waals surface area contributed by atoms with Gasteiger partial charge in [0.05, 0.1) is 25.2 Å². The summed E-state index contributed by atoms with van der Waals surface area (Å²) in [5.74, 6) is 0.0262. The third kappa shape index (κ3) is 4.93. The fourth-order valence-electron chi connectivity index (χ4n) is 3.41. The number of amides is 1. The number of morpholine rings is 1. The van der Waals surface area contributed by atoms with E-state index in [1.54, 1.807) is 0 Å². The summed E-state index contributed by atoms with van der Waals surface area (Å²) in [6.07, 6.45) is 0.345. The molecule has 26 heavy (non-hydrogen) atoms. The van der Waals surface area contributed by atoms with Gasteiger partial charge in [-0.1, -0.05) is 60.7 Å². The molecule has 0 saturated carbocycles. The minimum Gasteiger partial charge on any atom is -0.375 e. The lowest BCUT2D eigenvalue weighted by Gasteiger charge is -2.35. The molecule has 1 aliphatic heterocycles. The largest absolute Gasteiger partial charge is 0.375 e. The molecule has 1 saturated heterocycles. The van der Waals surface area contributed by atoms with E-state index in [2.05, 4.69) is 48.3 Å². The molecular formula is C22H28N2O2. The van der Waals surface area contributed by atoms with E-state index in [0.29, 0.717) is 19.1 Å². The van der Waals surface area contributed by atoms with E-state index >= 15 is 0 Å². The van der Waals surface area contributed by atoms with Crippen molar-refractivity contribution in [1.82, 2.24) is 10.2 Å². The second-order valence-electron chi connectivity index (χ2n) is 7.11. The Hall–Kier alpha value is -2.17. The highest BCUT2D eigenvalue weighted by atomic mass is 16.5. The lowest BCUT2D eigenvalue weighted by Crippen LogP contribution is -2.47. The predicted octanol–water partition coefficient (Wildman–Crippen LogP) is 3.39. The van der Waals surface area contributed by atoms with Gasteiger partial charge in [0.1, 0.15) is 0 Å². The summed E-state index contributed by atoms with van der Waals surface area (Å²) in [7, 11) is 0. The van der Waals surface area contributed by atoms with Gasteiger partial charge in [0, 0.05) is 19.1 Å². The van der Waals surface area contributed by atoms with Crippen LogP contribution in [0.2, 0.25) is 0 Å². The number of rotatable bonds is 6. The van der Waals surface area contributed by atoms with E-state index in [9.17, 15) is 4.79 Å². The second kappa shape index (κ2) is 8.97. The predicted molar refractivity (Wildman–Crippen MR) is 104 cm³/mol. The number of hydrogen-bond acceptors (Lipinski definition) is 3. The van der Waals surface area contributed by atoms with Crippen LogP contribution in [0.25, 0.3) is 0 Å². The quantitative estimate of drug-likeness (QED) is 0.866. The molecule has 1 aliphatic rings. The summed E-state index contributed by atoms with van der Waals surface area (Å²) in [6, 6.07) is 20.5. The van der Waals surface area contributed by atoms with Crippen molar-refractivity contribution < 1.29 is 9.53 Å². The van der Waals surface area contributed by atoms with Gasteiger partial charge in [0.15, 0.2) is 0 Å². The molecule has 0 radical (unpaired) electrons. The lowest BCUT2D eigenvalue weighted by molar-refractivity contribution is -0.127. The summed E-state index contributed by atoms with van der Waals surface area (Å²) in [5.41, 5.74) is 2.17. The highest BCUT2D eigenvalue weighted by Crippen LogP contribution is 2.22. The fourth-order valence-corrected chi connectivity index (χ4v) is 3.41. The van der Waals surface area contributed by atoms with Crippen LogP contribution in [-0.4, -0.2) is 42.6 Å². The first-order valence-corrected chi connectivity index (χ1v) is 9.38. The van der Waals surface area contributed by atoms with Crippen LogP contribution < -0.4 is 5.32 Å². The molecule has 4 heteroatoms. The Morgan fingerprint density at radius 3 is 2.19 bits per heavy atom. The Kier molecular flexibility index (Phi) is 6.42. The first-order chi connectivity index (χ1) is 12.6. The highest BCUT2D eigenvalue weighted by Gasteiger charge is 2.25. The topological polar surface area (TPSA) is 41.6 Å². The monoisotopic (exact) mass is 352 g/mol. The summed E-state index contributed by atoms with van der Waals surface area (Å²) in [4.78, 5) is 15.1. The summed E-state index contributed by atoms with van der Waals surface area (Å²) < 4.78 is 5.82. The van der Waals surface area contributed by atoms with Crippen LogP contribution in [0.4, 0.5) is 0 Å². The van der Waals surface area contributed by atoms with E-state index in [0.717, 1.165) is 24.2 Å². The van der Waals surface area contributed by atoms with Crippen molar-refractivity contribution in [2.45, 2.75) is 38.5 Å². The third-order valence-corrected chi connectivity index (χ3v) is 4.88. The third-order valence-electron chi connectivity index (χ3n) is 4.88. The SMILES string of the molecule is CC(C)N1CCO[C@@H](CC(=O)NC(c2ccccc2)c2ccccc2)C1. The average molecular weight is 352 g/mol. The number of carbonyl (C=O) groups is 1.